The molecule has 0 radical (unpaired) electrons. The Morgan fingerprint density at radius 3 is 3.22 bits per heavy atom. The molecule has 1 fully saturated rings. The van der Waals surface area contributed by atoms with Gasteiger partial charge in [-0.3, -0.25) is 9.48 Å². The van der Waals surface area contributed by atoms with Crippen LogP contribution in [0.25, 0.3) is 11.0 Å². The predicted octanol–water partition coefficient (Wildman–Crippen LogP) is 0.0538. The van der Waals surface area contributed by atoms with Crippen molar-refractivity contribution in [2.75, 3.05) is 11.9 Å². The van der Waals surface area contributed by atoms with Crippen molar-refractivity contribution in [1.29, 1.82) is 0 Å². The van der Waals surface area contributed by atoms with Gasteiger partial charge >= 0.3 is 0 Å². The van der Waals surface area contributed by atoms with Gasteiger partial charge in [0.1, 0.15) is 18.2 Å². The minimum Gasteiger partial charge on any atom is -0.358 e. The summed E-state index contributed by atoms with van der Waals surface area (Å²) < 4.78 is 1.68. The van der Waals surface area contributed by atoms with E-state index in [1.165, 1.54) is 6.33 Å². The summed E-state index contributed by atoms with van der Waals surface area (Å²) in [5.74, 6) is 0.687. The van der Waals surface area contributed by atoms with Crippen molar-refractivity contribution in [3.8, 4) is 0 Å². The highest BCUT2D eigenvalue weighted by Crippen LogP contribution is 2.20. The van der Waals surface area contributed by atoms with Crippen LogP contribution >= 0.6 is 0 Å². The molecule has 2 aromatic heterocycles. The zero-order valence-corrected chi connectivity index (χ0v) is 10.1. The number of amides is 1. The average Bonchev–Trinajstić information content (AvgIpc) is 2.76. The van der Waals surface area contributed by atoms with Crippen LogP contribution in [0.1, 0.15) is 12.8 Å². The van der Waals surface area contributed by atoms with Crippen LogP contribution in [-0.2, 0) is 11.8 Å². The molecule has 7 nitrogen and oxygen atoms in total. The summed E-state index contributed by atoms with van der Waals surface area (Å²) in [6.45, 7) is 0.753. The van der Waals surface area contributed by atoms with Gasteiger partial charge in [0.2, 0.25) is 5.91 Å². The van der Waals surface area contributed by atoms with E-state index in [4.69, 9.17) is 0 Å². The van der Waals surface area contributed by atoms with Crippen LogP contribution in [0.5, 0.6) is 0 Å². The van der Waals surface area contributed by atoms with Crippen molar-refractivity contribution >= 4 is 22.8 Å². The number of nitrogens with one attached hydrogen (secondary N) is 2. The third-order valence-corrected chi connectivity index (χ3v) is 3.13. The summed E-state index contributed by atoms with van der Waals surface area (Å²) >= 11 is 0. The maximum Gasteiger partial charge on any atom is 0.242 e. The number of hydrogen-bond donors (Lipinski definition) is 2. The number of aryl methyl sites for hydroxylation is 1. The number of anilines is 1. The summed E-state index contributed by atoms with van der Waals surface area (Å²) in [7, 11) is 1.83. The van der Waals surface area contributed by atoms with E-state index in [1.807, 2.05) is 7.05 Å². The van der Waals surface area contributed by atoms with E-state index in [0.29, 0.717) is 5.82 Å². The fraction of sp³-hybridized carbons (Fsp3) is 0.455. The third-order valence-electron chi connectivity index (χ3n) is 3.13. The highest BCUT2D eigenvalue weighted by molar-refractivity contribution is 5.90. The number of carbonyl (C=O) groups is 1. The zero-order chi connectivity index (χ0) is 12.5. The molecule has 1 atom stereocenters. The predicted molar refractivity (Wildman–Crippen MR) is 66.0 cm³/mol. The second-order valence-electron chi connectivity index (χ2n) is 4.36. The van der Waals surface area contributed by atoms with Crippen molar-refractivity contribution < 1.29 is 4.79 Å². The fourth-order valence-electron chi connectivity index (χ4n) is 2.15. The summed E-state index contributed by atoms with van der Waals surface area (Å²) in [5, 5.41) is 11.0. The Hall–Kier alpha value is -2.18. The first-order chi connectivity index (χ1) is 8.75. The highest BCUT2D eigenvalue weighted by atomic mass is 16.2. The van der Waals surface area contributed by atoms with Gasteiger partial charge in [-0.2, -0.15) is 5.10 Å². The van der Waals surface area contributed by atoms with Gasteiger partial charge in [-0.1, -0.05) is 0 Å². The lowest BCUT2D eigenvalue weighted by Crippen LogP contribution is -2.44. The molecule has 0 spiro atoms. The maximum absolute atomic E-state index is 11.7. The maximum atomic E-state index is 11.7. The first kappa shape index (κ1) is 10.9. The molecule has 0 saturated carbocycles. The Bertz CT molecular complexity index is 592. The molecule has 0 bridgehead atoms. The van der Waals surface area contributed by atoms with Gasteiger partial charge in [-0.05, 0) is 12.8 Å². The van der Waals surface area contributed by atoms with E-state index in [9.17, 15) is 4.79 Å². The molecule has 2 N–H and O–H groups in total. The van der Waals surface area contributed by atoms with Crippen LogP contribution in [0.4, 0.5) is 5.82 Å². The van der Waals surface area contributed by atoms with E-state index < -0.39 is 0 Å². The van der Waals surface area contributed by atoms with Crippen molar-refractivity contribution in [3.63, 3.8) is 0 Å². The van der Waals surface area contributed by atoms with Gasteiger partial charge in [0.05, 0.1) is 11.6 Å². The Morgan fingerprint density at radius 1 is 1.50 bits per heavy atom. The SMILES string of the molecule is Cn1ncc2c(NC3CCCNC3=O)ncnc21. The molecule has 1 aliphatic heterocycles. The van der Waals surface area contributed by atoms with E-state index >= 15 is 0 Å². The first-order valence-corrected chi connectivity index (χ1v) is 5.92. The van der Waals surface area contributed by atoms with Crippen molar-refractivity contribution in [1.82, 2.24) is 25.1 Å². The van der Waals surface area contributed by atoms with Gasteiger partial charge in [-0.25, -0.2) is 9.97 Å². The number of nitrogens with zero attached hydrogens (tertiary/aromatic N) is 4. The van der Waals surface area contributed by atoms with Crippen LogP contribution in [0.2, 0.25) is 0 Å². The highest BCUT2D eigenvalue weighted by Gasteiger charge is 2.23. The normalized spacial score (nSPS) is 19.8. The molecular weight excluding hydrogens is 232 g/mol. The van der Waals surface area contributed by atoms with Gasteiger partial charge in [0.15, 0.2) is 5.65 Å². The number of piperidine rings is 1. The Kier molecular flexibility index (Phi) is 2.58. The lowest BCUT2D eigenvalue weighted by Gasteiger charge is -2.23. The minimum absolute atomic E-state index is 0.0249. The zero-order valence-electron chi connectivity index (χ0n) is 10.1. The van der Waals surface area contributed by atoms with Gasteiger partial charge in [-0.15, -0.1) is 0 Å². The Labute approximate surface area is 104 Å². The van der Waals surface area contributed by atoms with Gasteiger partial charge in [0.25, 0.3) is 0 Å². The number of hydrogen-bond acceptors (Lipinski definition) is 5. The molecule has 3 rings (SSSR count). The van der Waals surface area contributed by atoms with Crippen LogP contribution in [0.3, 0.4) is 0 Å². The average molecular weight is 246 g/mol. The molecule has 1 amide bonds. The van der Waals surface area contributed by atoms with Crippen LogP contribution in [-0.4, -0.2) is 38.2 Å². The summed E-state index contributed by atoms with van der Waals surface area (Å²) in [6, 6.07) is -0.225. The second-order valence-corrected chi connectivity index (χ2v) is 4.36. The van der Waals surface area contributed by atoms with Crippen molar-refractivity contribution in [3.05, 3.63) is 12.5 Å². The third kappa shape index (κ3) is 1.77. The Morgan fingerprint density at radius 2 is 2.39 bits per heavy atom. The van der Waals surface area contributed by atoms with Crippen LogP contribution < -0.4 is 10.6 Å². The molecule has 1 aliphatic rings. The summed E-state index contributed by atoms with van der Waals surface area (Å²) in [4.78, 5) is 20.1. The fourth-order valence-corrected chi connectivity index (χ4v) is 2.15. The molecule has 3 heterocycles. The molecule has 18 heavy (non-hydrogen) atoms. The summed E-state index contributed by atoms with van der Waals surface area (Å²) in [6.07, 6.45) is 4.98. The lowest BCUT2D eigenvalue weighted by atomic mass is 10.1. The van der Waals surface area contributed by atoms with Crippen molar-refractivity contribution in [2.45, 2.75) is 18.9 Å². The van der Waals surface area contributed by atoms with Crippen LogP contribution in [0.15, 0.2) is 12.5 Å². The van der Waals surface area contributed by atoms with Crippen LogP contribution in [0, 0.1) is 0 Å². The molecule has 2 aromatic rings. The largest absolute Gasteiger partial charge is 0.358 e. The molecule has 1 unspecified atom stereocenters. The molecule has 0 aliphatic carbocycles. The number of fused-ring (bicyclic) bond motifs is 1. The van der Waals surface area contributed by atoms with Gasteiger partial charge in [0, 0.05) is 13.6 Å². The van der Waals surface area contributed by atoms with E-state index in [2.05, 4.69) is 25.7 Å². The van der Waals surface area contributed by atoms with Crippen molar-refractivity contribution in [2.24, 2.45) is 7.05 Å². The number of aromatic nitrogens is 4. The van der Waals surface area contributed by atoms with E-state index in [1.54, 1.807) is 10.9 Å². The van der Waals surface area contributed by atoms with Gasteiger partial charge < -0.3 is 10.6 Å². The monoisotopic (exact) mass is 246 g/mol. The number of carbonyl (C=O) groups excluding carboxylic acids is 1. The smallest absolute Gasteiger partial charge is 0.242 e. The van der Waals surface area contributed by atoms with E-state index in [0.717, 1.165) is 30.4 Å². The molecule has 0 aromatic carbocycles. The quantitative estimate of drug-likeness (QED) is 0.782. The standard InChI is InChI=1S/C11H14N6O/c1-17-10-7(5-15-17)9(13-6-14-10)16-8-3-2-4-12-11(8)18/h5-6,8H,2-4H2,1H3,(H,12,18)(H,13,14,16). The minimum atomic E-state index is -0.225. The number of rotatable bonds is 2. The topological polar surface area (TPSA) is 84.7 Å². The molecule has 7 heteroatoms. The molecule has 1 saturated heterocycles. The molecular formula is C11H14N6O. The first-order valence-electron chi connectivity index (χ1n) is 5.92. The lowest BCUT2D eigenvalue weighted by molar-refractivity contribution is -0.123. The second kappa shape index (κ2) is 4.25. The van der Waals surface area contributed by atoms with E-state index in [-0.39, 0.29) is 11.9 Å². The molecule has 94 valence electrons. The Balaban J connectivity index is 1.92. The summed E-state index contributed by atoms with van der Waals surface area (Å²) in [5.41, 5.74) is 0.753.